The topological polar surface area (TPSA) is 78.4 Å². The summed E-state index contributed by atoms with van der Waals surface area (Å²) in [5.74, 6) is -1.05. The quantitative estimate of drug-likeness (QED) is 0.796. The molecule has 3 N–H and O–H groups in total. The summed E-state index contributed by atoms with van der Waals surface area (Å²) >= 11 is 3.14. The number of hydrogen-bond acceptors (Lipinski definition) is 2. The largest absolute Gasteiger partial charge is 0.478 e. The SMILES string of the molecule is CC(C)(C)CNC(=O)Nc1ccc(Br)c(C(=O)O)c1. The predicted molar refractivity (Wildman–Crippen MR) is 77.6 cm³/mol. The van der Waals surface area contributed by atoms with Crippen LogP contribution in [0, 0.1) is 5.41 Å². The summed E-state index contributed by atoms with van der Waals surface area (Å²) in [6, 6.07) is 4.27. The van der Waals surface area contributed by atoms with Gasteiger partial charge in [0, 0.05) is 16.7 Å². The minimum Gasteiger partial charge on any atom is -0.478 e. The van der Waals surface area contributed by atoms with Gasteiger partial charge >= 0.3 is 12.0 Å². The van der Waals surface area contributed by atoms with Crippen LogP contribution < -0.4 is 10.6 Å². The van der Waals surface area contributed by atoms with E-state index in [4.69, 9.17) is 5.11 Å². The summed E-state index contributed by atoms with van der Waals surface area (Å²) in [7, 11) is 0. The molecule has 6 heteroatoms. The second kappa shape index (κ2) is 6.06. The standard InChI is InChI=1S/C13H17BrN2O3/c1-13(2,3)7-15-12(19)16-8-4-5-10(14)9(6-8)11(17)18/h4-6H,7H2,1-3H3,(H,17,18)(H2,15,16,19). The first-order chi connectivity index (χ1) is 8.69. The molecule has 1 aromatic rings. The highest BCUT2D eigenvalue weighted by atomic mass is 79.9. The van der Waals surface area contributed by atoms with E-state index >= 15 is 0 Å². The van der Waals surface area contributed by atoms with Gasteiger partial charge in [-0.05, 0) is 39.5 Å². The molecule has 0 aliphatic rings. The molecular formula is C13H17BrN2O3. The number of hydrogen-bond donors (Lipinski definition) is 3. The molecule has 0 bridgehead atoms. The molecule has 0 aliphatic carbocycles. The number of carbonyl (C=O) groups excluding carboxylic acids is 1. The molecule has 2 amide bonds. The molecule has 0 atom stereocenters. The van der Waals surface area contributed by atoms with Crippen LogP contribution in [0.3, 0.4) is 0 Å². The number of urea groups is 1. The van der Waals surface area contributed by atoms with Gasteiger partial charge in [0.25, 0.3) is 0 Å². The number of carboxylic acids is 1. The van der Waals surface area contributed by atoms with Crippen LogP contribution in [0.15, 0.2) is 22.7 Å². The lowest BCUT2D eigenvalue weighted by Crippen LogP contribution is -2.35. The van der Waals surface area contributed by atoms with E-state index in [0.717, 1.165) is 0 Å². The molecule has 0 heterocycles. The summed E-state index contributed by atoms with van der Waals surface area (Å²) in [6.45, 7) is 6.56. The van der Waals surface area contributed by atoms with Crippen LogP contribution in [0.4, 0.5) is 10.5 Å². The van der Waals surface area contributed by atoms with Gasteiger partial charge in [0.05, 0.1) is 5.56 Å². The van der Waals surface area contributed by atoms with E-state index in [9.17, 15) is 9.59 Å². The third kappa shape index (κ3) is 5.30. The molecule has 0 aromatic heterocycles. The fraction of sp³-hybridized carbons (Fsp3) is 0.385. The average molecular weight is 329 g/mol. The van der Waals surface area contributed by atoms with Gasteiger partial charge in [-0.2, -0.15) is 0 Å². The maximum atomic E-state index is 11.6. The van der Waals surface area contributed by atoms with E-state index in [-0.39, 0.29) is 17.0 Å². The monoisotopic (exact) mass is 328 g/mol. The maximum absolute atomic E-state index is 11.6. The normalized spacial score (nSPS) is 10.9. The van der Waals surface area contributed by atoms with Crippen LogP contribution in [0.2, 0.25) is 0 Å². The van der Waals surface area contributed by atoms with E-state index in [2.05, 4.69) is 26.6 Å². The molecular weight excluding hydrogens is 312 g/mol. The highest BCUT2D eigenvalue weighted by Crippen LogP contribution is 2.21. The van der Waals surface area contributed by atoms with Crippen LogP contribution in [-0.2, 0) is 0 Å². The lowest BCUT2D eigenvalue weighted by Gasteiger charge is -2.19. The smallest absolute Gasteiger partial charge is 0.336 e. The summed E-state index contributed by atoms with van der Waals surface area (Å²) < 4.78 is 0.473. The number of benzene rings is 1. The first kappa shape index (κ1) is 15.5. The summed E-state index contributed by atoms with van der Waals surface area (Å²) in [6.07, 6.45) is 0. The Labute approximate surface area is 120 Å². The maximum Gasteiger partial charge on any atom is 0.336 e. The molecule has 0 aliphatic heterocycles. The van der Waals surface area contributed by atoms with Crippen molar-refractivity contribution >= 4 is 33.6 Å². The molecule has 104 valence electrons. The molecule has 1 rings (SSSR count). The first-order valence-electron chi connectivity index (χ1n) is 5.77. The predicted octanol–water partition coefficient (Wildman–Crippen LogP) is 3.31. The minimum atomic E-state index is -1.05. The fourth-order valence-corrected chi connectivity index (χ4v) is 1.70. The van der Waals surface area contributed by atoms with Crippen molar-refractivity contribution in [3.8, 4) is 0 Å². The Balaban J connectivity index is 2.70. The Morgan fingerprint density at radius 1 is 1.32 bits per heavy atom. The Bertz CT molecular complexity index is 495. The second-order valence-corrected chi connectivity index (χ2v) is 6.22. The van der Waals surface area contributed by atoms with Crippen molar-refractivity contribution in [3.63, 3.8) is 0 Å². The number of carboxylic acid groups (broad SMARTS) is 1. The molecule has 0 saturated carbocycles. The molecule has 0 unspecified atom stereocenters. The van der Waals surface area contributed by atoms with Crippen LogP contribution in [0.5, 0.6) is 0 Å². The third-order valence-corrected chi connectivity index (χ3v) is 2.93. The Morgan fingerprint density at radius 2 is 1.95 bits per heavy atom. The average Bonchev–Trinajstić information content (AvgIpc) is 2.28. The van der Waals surface area contributed by atoms with Crippen molar-refractivity contribution in [2.24, 2.45) is 5.41 Å². The van der Waals surface area contributed by atoms with Crippen LogP contribution in [0.25, 0.3) is 0 Å². The number of halogens is 1. The van der Waals surface area contributed by atoms with Gasteiger partial charge in [-0.1, -0.05) is 20.8 Å². The van der Waals surface area contributed by atoms with Crippen molar-refractivity contribution < 1.29 is 14.7 Å². The van der Waals surface area contributed by atoms with Gasteiger partial charge in [0.1, 0.15) is 0 Å². The van der Waals surface area contributed by atoms with Crippen molar-refractivity contribution in [1.29, 1.82) is 0 Å². The molecule has 0 radical (unpaired) electrons. The van der Waals surface area contributed by atoms with E-state index in [0.29, 0.717) is 16.7 Å². The number of carbonyl (C=O) groups is 2. The van der Waals surface area contributed by atoms with Gasteiger partial charge in [-0.25, -0.2) is 9.59 Å². The molecule has 1 aromatic carbocycles. The van der Waals surface area contributed by atoms with Gasteiger partial charge in [0.2, 0.25) is 0 Å². The van der Waals surface area contributed by atoms with Gasteiger partial charge < -0.3 is 15.7 Å². The number of anilines is 1. The van der Waals surface area contributed by atoms with Crippen molar-refractivity contribution in [2.75, 3.05) is 11.9 Å². The summed E-state index contributed by atoms with van der Waals surface area (Å²) in [4.78, 5) is 22.6. The van der Waals surface area contributed by atoms with E-state index in [1.807, 2.05) is 20.8 Å². The second-order valence-electron chi connectivity index (χ2n) is 5.37. The summed E-state index contributed by atoms with van der Waals surface area (Å²) in [5.41, 5.74) is 0.532. The van der Waals surface area contributed by atoms with Crippen LogP contribution in [-0.4, -0.2) is 23.7 Å². The molecule has 0 saturated heterocycles. The summed E-state index contributed by atoms with van der Waals surface area (Å²) in [5, 5.41) is 14.3. The van der Waals surface area contributed by atoms with E-state index < -0.39 is 5.97 Å². The van der Waals surface area contributed by atoms with Crippen LogP contribution >= 0.6 is 15.9 Å². The third-order valence-electron chi connectivity index (χ3n) is 2.23. The number of nitrogens with one attached hydrogen (secondary N) is 2. The Kier molecular flexibility index (Phi) is 4.94. The van der Waals surface area contributed by atoms with Gasteiger partial charge in [0.15, 0.2) is 0 Å². The number of aromatic carboxylic acids is 1. The minimum absolute atomic E-state index is 0.0106. The zero-order valence-electron chi connectivity index (χ0n) is 11.1. The molecule has 5 nitrogen and oxygen atoms in total. The lowest BCUT2D eigenvalue weighted by atomic mass is 9.97. The van der Waals surface area contributed by atoms with E-state index in [1.54, 1.807) is 12.1 Å². The zero-order valence-corrected chi connectivity index (χ0v) is 12.7. The van der Waals surface area contributed by atoms with Gasteiger partial charge in [-0.15, -0.1) is 0 Å². The number of rotatable bonds is 3. The van der Waals surface area contributed by atoms with Crippen LogP contribution in [0.1, 0.15) is 31.1 Å². The van der Waals surface area contributed by atoms with E-state index in [1.165, 1.54) is 6.07 Å². The van der Waals surface area contributed by atoms with Crippen molar-refractivity contribution in [3.05, 3.63) is 28.2 Å². The van der Waals surface area contributed by atoms with Crippen molar-refractivity contribution in [1.82, 2.24) is 5.32 Å². The molecule has 19 heavy (non-hydrogen) atoms. The van der Waals surface area contributed by atoms with Gasteiger partial charge in [-0.3, -0.25) is 0 Å². The Hall–Kier alpha value is -1.56. The molecule has 0 spiro atoms. The fourth-order valence-electron chi connectivity index (χ4n) is 1.29. The molecule has 0 fully saturated rings. The zero-order chi connectivity index (χ0) is 14.6. The van der Waals surface area contributed by atoms with Crippen molar-refractivity contribution in [2.45, 2.75) is 20.8 Å². The number of amides is 2. The first-order valence-corrected chi connectivity index (χ1v) is 6.56. The lowest BCUT2D eigenvalue weighted by molar-refractivity contribution is 0.0696. The highest BCUT2D eigenvalue weighted by Gasteiger charge is 2.13. The Morgan fingerprint density at radius 3 is 2.47 bits per heavy atom. The highest BCUT2D eigenvalue weighted by molar-refractivity contribution is 9.10.